The van der Waals surface area contributed by atoms with Crippen molar-refractivity contribution in [2.75, 3.05) is 7.11 Å². The molecule has 6 nitrogen and oxygen atoms in total. The smallest absolute Gasteiger partial charge is 0.319 e. The highest BCUT2D eigenvalue weighted by molar-refractivity contribution is 9.10. The van der Waals surface area contributed by atoms with E-state index in [1.165, 1.54) is 0 Å². The Morgan fingerprint density at radius 3 is 2.63 bits per heavy atom. The number of rotatable bonds is 5. The largest absolute Gasteiger partial charge is 0.497 e. The Morgan fingerprint density at radius 2 is 1.96 bits per heavy atom. The molecule has 0 radical (unpaired) electrons. The molecule has 2 aromatic carbocycles. The average molecular weight is 431 g/mol. The molecular formula is C20H19BrN2O4. The van der Waals surface area contributed by atoms with Gasteiger partial charge in [-0.3, -0.25) is 4.79 Å². The molecule has 0 spiro atoms. The van der Waals surface area contributed by atoms with Crippen LogP contribution in [0.2, 0.25) is 0 Å². The van der Waals surface area contributed by atoms with Crippen LogP contribution in [0.5, 0.6) is 5.75 Å². The molecule has 27 heavy (non-hydrogen) atoms. The van der Waals surface area contributed by atoms with Gasteiger partial charge >= 0.3 is 12.0 Å². The van der Waals surface area contributed by atoms with Gasteiger partial charge in [-0.25, -0.2) is 4.79 Å². The molecule has 0 aliphatic carbocycles. The number of esters is 1. The van der Waals surface area contributed by atoms with Crippen LogP contribution in [0, 0.1) is 5.92 Å². The van der Waals surface area contributed by atoms with Gasteiger partial charge in [0.1, 0.15) is 18.3 Å². The van der Waals surface area contributed by atoms with E-state index in [1.54, 1.807) is 19.2 Å². The lowest BCUT2D eigenvalue weighted by Gasteiger charge is -2.33. The van der Waals surface area contributed by atoms with Crippen LogP contribution in [0.3, 0.4) is 0 Å². The molecule has 1 aliphatic heterocycles. The van der Waals surface area contributed by atoms with E-state index in [0.717, 1.165) is 21.3 Å². The monoisotopic (exact) mass is 430 g/mol. The number of urea groups is 1. The maximum absolute atomic E-state index is 12.8. The van der Waals surface area contributed by atoms with Crippen LogP contribution in [-0.2, 0) is 16.1 Å². The number of carbonyl (C=O) groups excluding carboxylic acids is 2. The van der Waals surface area contributed by atoms with Crippen molar-refractivity contribution in [3.63, 3.8) is 0 Å². The second kappa shape index (κ2) is 8.26. The van der Waals surface area contributed by atoms with Gasteiger partial charge in [-0.1, -0.05) is 46.8 Å². The molecule has 0 aromatic heterocycles. The summed E-state index contributed by atoms with van der Waals surface area (Å²) in [6.07, 6.45) is 0. The van der Waals surface area contributed by atoms with Gasteiger partial charge in [0, 0.05) is 10.2 Å². The summed E-state index contributed by atoms with van der Waals surface area (Å²) < 4.78 is 11.5. The van der Waals surface area contributed by atoms with Crippen molar-refractivity contribution in [3.8, 4) is 5.75 Å². The molecule has 2 amide bonds. The fourth-order valence-corrected chi connectivity index (χ4v) is 3.32. The molecule has 2 atom stereocenters. The predicted octanol–water partition coefficient (Wildman–Crippen LogP) is 3.68. The maximum atomic E-state index is 12.8. The molecule has 0 saturated carbocycles. The van der Waals surface area contributed by atoms with Gasteiger partial charge in [0.05, 0.1) is 13.2 Å². The van der Waals surface area contributed by atoms with Crippen LogP contribution in [0.15, 0.2) is 65.3 Å². The lowest BCUT2D eigenvalue weighted by atomic mass is 9.89. The number of nitrogens with one attached hydrogen (secondary N) is 2. The number of carbonyl (C=O) groups is 2. The molecular weight excluding hydrogens is 412 g/mol. The standard InChI is InChI=1S/C20H19BrN2O4/c1-12-17(19(24)27-11-13-6-8-16(26-2)9-7-13)18(23-20(25)22-12)14-4-3-5-15(21)10-14/h3-10,17-18H,1,11H2,2H3,(H2,22,23,25). The Bertz CT molecular complexity index is 867. The second-order valence-corrected chi connectivity index (χ2v) is 7.01. The first-order valence-corrected chi connectivity index (χ1v) is 9.08. The van der Waals surface area contributed by atoms with Gasteiger partial charge in [-0.15, -0.1) is 0 Å². The predicted molar refractivity (Wildman–Crippen MR) is 104 cm³/mol. The van der Waals surface area contributed by atoms with Crippen LogP contribution < -0.4 is 15.4 Å². The molecule has 2 unspecified atom stereocenters. The van der Waals surface area contributed by atoms with Crippen molar-refractivity contribution in [3.05, 3.63) is 76.4 Å². The summed E-state index contributed by atoms with van der Waals surface area (Å²) in [7, 11) is 1.59. The summed E-state index contributed by atoms with van der Waals surface area (Å²) in [5.41, 5.74) is 1.93. The first kappa shape index (κ1) is 19.0. The van der Waals surface area contributed by atoms with Gasteiger partial charge in [0.2, 0.25) is 0 Å². The number of ether oxygens (including phenoxy) is 2. The van der Waals surface area contributed by atoms with Gasteiger partial charge in [-0.2, -0.15) is 0 Å². The number of hydrogen-bond donors (Lipinski definition) is 2. The highest BCUT2D eigenvalue weighted by atomic mass is 79.9. The molecule has 1 fully saturated rings. The summed E-state index contributed by atoms with van der Waals surface area (Å²) in [5, 5.41) is 5.35. The van der Waals surface area contributed by atoms with Gasteiger partial charge < -0.3 is 20.1 Å². The summed E-state index contributed by atoms with van der Waals surface area (Å²) in [4.78, 5) is 24.7. The molecule has 2 N–H and O–H groups in total. The first-order chi connectivity index (χ1) is 13.0. The lowest BCUT2D eigenvalue weighted by Crippen LogP contribution is -2.51. The van der Waals surface area contributed by atoms with Crippen LogP contribution in [0.4, 0.5) is 4.79 Å². The number of halogens is 1. The maximum Gasteiger partial charge on any atom is 0.319 e. The highest BCUT2D eigenvalue weighted by Crippen LogP contribution is 2.31. The van der Waals surface area contributed by atoms with E-state index in [4.69, 9.17) is 9.47 Å². The molecule has 0 bridgehead atoms. The molecule has 140 valence electrons. The Kier molecular flexibility index (Phi) is 5.81. The SMILES string of the molecule is C=C1NC(=O)NC(c2cccc(Br)c2)C1C(=O)OCc1ccc(OC)cc1. The van der Waals surface area contributed by atoms with Gasteiger partial charge in [0.25, 0.3) is 0 Å². The third-order valence-corrected chi connectivity index (χ3v) is 4.76. The van der Waals surface area contributed by atoms with Crippen LogP contribution in [-0.4, -0.2) is 19.1 Å². The summed E-state index contributed by atoms with van der Waals surface area (Å²) in [5.74, 6) is -0.476. The van der Waals surface area contributed by atoms with Crippen molar-refractivity contribution in [1.29, 1.82) is 0 Å². The van der Waals surface area contributed by atoms with E-state index < -0.39 is 24.0 Å². The van der Waals surface area contributed by atoms with Gasteiger partial charge in [0.15, 0.2) is 0 Å². The Hall–Kier alpha value is -2.80. The van der Waals surface area contributed by atoms with Crippen molar-refractivity contribution >= 4 is 27.9 Å². The van der Waals surface area contributed by atoms with E-state index in [-0.39, 0.29) is 6.61 Å². The molecule has 3 rings (SSSR count). The minimum Gasteiger partial charge on any atom is -0.497 e. The third kappa shape index (κ3) is 4.49. The number of benzene rings is 2. The number of methoxy groups -OCH3 is 1. The van der Waals surface area contributed by atoms with E-state index >= 15 is 0 Å². The molecule has 7 heteroatoms. The number of hydrogen-bond acceptors (Lipinski definition) is 4. The van der Waals surface area contributed by atoms with E-state index in [2.05, 4.69) is 33.1 Å². The summed E-state index contributed by atoms with van der Waals surface area (Å²) in [6, 6.07) is 13.7. The van der Waals surface area contributed by atoms with Crippen molar-refractivity contribution in [2.24, 2.45) is 5.92 Å². The second-order valence-electron chi connectivity index (χ2n) is 6.09. The third-order valence-electron chi connectivity index (χ3n) is 4.27. The van der Waals surface area contributed by atoms with Crippen molar-refractivity contribution in [1.82, 2.24) is 10.6 Å². The summed E-state index contributed by atoms with van der Waals surface area (Å²) >= 11 is 3.41. The quantitative estimate of drug-likeness (QED) is 0.709. The van der Waals surface area contributed by atoms with Gasteiger partial charge in [-0.05, 0) is 35.4 Å². The van der Waals surface area contributed by atoms with E-state index in [0.29, 0.717) is 5.70 Å². The zero-order valence-electron chi connectivity index (χ0n) is 14.7. The zero-order chi connectivity index (χ0) is 19.4. The van der Waals surface area contributed by atoms with Crippen LogP contribution >= 0.6 is 15.9 Å². The number of amides is 2. The highest BCUT2D eigenvalue weighted by Gasteiger charge is 2.38. The fraction of sp³-hybridized carbons (Fsp3) is 0.200. The Balaban J connectivity index is 1.76. The van der Waals surface area contributed by atoms with Crippen LogP contribution in [0.1, 0.15) is 17.2 Å². The summed E-state index contributed by atoms with van der Waals surface area (Å²) in [6.45, 7) is 3.96. The average Bonchev–Trinajstić information content (AvgIpc) is 2.66. The van der Waals surface area contributed by atoms with E-state index in [1.807, 2.05) is 36.4 Å². The van der Waals surface area contributed by atoms with Crippen LogP contribution in [0.25, 0.3) is 0 Å². The Morgan fingerprint density at radius 1 is 1.22 bits per heavy atom. The normalized spacial score (nSPS) is 19.0. The lowest BCUT2D eigenvalue weighted by molar-refractivity contribution is -0.149. The minimum absolute atomic E-state index is 0.117. The molecule has 2 aromatic rings. The van der Waals surface area contributed by atoms with Crippen molar-refractivity contribution in [2.45, 2.75) is 12.6 Å². The minimum atomic E-state index is -0.741. The topological polar surface area (TPSA) is 76.7 Å². The first-order valence-electron chi connectivity index (χ1n) is 8.29. The van der Waals surface area contributed by atoms with E-state index in [9.17, 15) is 9.59 Å². The zero-order valence-corrected chi connectivity index (χ0v) is 16.3. The molecule has 1 saturated heterocycles. The molecule has 1 heterocycles. The Labute approximate surface area is 165 Å². The molecule has 1 aliphatic rings. The fourth-order valence-electron chi connectivity index (χ4n) is 2.91. The van der Waals surface area contributed by atoms with Crippen molar-refractivity contribution < 1.29 is 19.1 Å².